The van der Waals surface area contributed by atoms with E-state index in [9.17, 15) is 26.7 Å². The lowest BCUT2D eigenvalue weighted by Gasteiger charge is -2.22. The molecule has 1 unspecified atom stereocenters. The predicted octanol–water partition coefficient (Wildman–Crippen LogP) is 4.18. The van der Waals surface area contributed by atoms with Gasteiger partial charge in [-0.1, -0.05) is 44.2 Å². The van der Waals surface area contributed by atoms with Gasteiger partial charge in [0.25, 0.3) is 5.91 Å². The fourth-order valence-corrected chi connectivity index (χ4v) is 3.13. The van der Waals surface area contributed by atoms with E-state index in [0.29, 0.717) is 6.42 Å². The largest absolute Gasteiger partial charge is 0.477 e. The molecule has 0 saturated heterocycles. The van der Waals surface area contributed by atoms with Crippen molar-refractivity contribution in [2.75, 3.05) is 6.61 Å². The van der Waals surface area contributed by atoms with E-state index in [-0.39, 0.29) is 24.5 Å². The van der Waals surface area contributed by atoms with E-state index in [1.807, 2.05) is 30.3 Å². The molecule has 1 N–H and O–H groups in total. The highest BCUT2D eigenvalue weighted by Crippen LogP contribution is 2.24. The predicted molar refractivity (Wildman–Crippen MR) is 99.6 cm³/mol. The standard InChI is InChI=1S/C21H19F5N2O2/c1-10(2)19(21-27-12(9-30-21)8-11-6-4-3-5-7-11)28-20(29)13-14(22)16(24)18(26)17(25)15(13)23/h3-7,10,12,19H,8-9H2,1-2H3,(H,28,29)/t12?,19-/m0/s1. The van der Waals surface area contributed by atoms with Gasteiger partial charge in [0.2, 0.25) is 11.7 Å². The molecule has 0 bridgehead atoms. The monoisotopic (exact) mass is 426 g/mol. The van der Waals surface area contributed by atoms with E-state index in [0.717, 1.165) is 5.56 Å². The minimum Gasteiger partial charge on any atom is -0.477 e. The van der Waals surface area contributed by atoms with E-state index in [4.69, 9.17) is 4.74 Å². The van der Waals surface area contributed by atoms with Crippen LogP contribution in [-0.2, 0) is 11.2 Å². The summed E-state index contributed by atoms with van der Waals surface area (Å²) in [6, 6.07) is 8.38. The Bertz CT molecular complexity index is 950. The summed E-state index contributed by atoms with van der Waals surface area (Å²) < 4.78 is 73.5. The molecular weight excluding hydrogens is 407 g/mol. The minimum atomic E-state index is -2.32. The van der Waals surface area contributed by atoms with Crippen LogP contribution in [0.1, 0.15) is 29.8 Å². The normalized spacial score (nSPS) is 16.9. The molecule has 1 aliphatic rings. The van der Waals surface area contributed by atoms with Crippen LogP contribution >= 0.6 is 0 Å². The van der Waals surface area contributed by atoms with Crippen molar-refractivity contribution in [1.29, 1.82) is 0 Å². The third-order valence-corrected chi connectivity index (χ3v) is 4.70. The molecule has 0 aliphatic carbocycles. The molecule has 2 aromatic rings. The average molecular weight is 426 g/mol. The summed E-state index contributed by atoms with van der Waals surface area (Å²) in [5.41, 5.74) is -0.515. The van der Waals surface area contributed by atoms with Crippen molar-refractivity contribution in [3.63, 3.8) is 0 Å². The topological polar surface area (TPSA) is 50.7 Å². The Kier molecular flexibility index (Phi) is 6.38. The molecule has 1 heterocycles. The van der Waals surface area contributed by atoms with Gasteiger partial charge in [0.05, 0.1) is 6.04 Å². The highest BCUT2D eigenvalue weighted by Gasteiger charge is 2.34. The summed E-state index contributed by atoms with van der Waals surface area (Å²) in [4.78, 5) is 16.8. The number of nitrogens with zero attached hydrogens (tertiary/aromatic N) is 1. The Morgan fingerprint density at radius 3 is 2.17 bits per heavy atom. The van der Waals surface area contributed by atoms with Gasteiger partial charge in [-0.2, -0.15) is 0 Å². The second-order valence-electron chi connectivity index (χ2n) is 7.26. The summed E-state index contributed by atoms with van der Waals surface area (Å²) in [6.45, 7) is 3.63. The van der Waals surface area contributed by atoms with Gasteiger partial charge in [-0.15, -0.1) is 0 Å². The Labute approximate surface area is 169 Å². The fraction of sp³-hybridized carbons (Fsp3) is 0.333. The van der Waals surface area contributed by atoms with Crippen LogP contribution < -0.4 is 5.32 Å². The number of hydrogen-bond donors (Lipinski definition) is 1. The highest BCUT2D eigenvalue weighted by molar-refractivity contribution is 5.98. The van der Waals surface area contributed by atoms with Gasteiger partial charge in [-0.3, -0.25) is 4.79 Å². The van der Waals surface area contributed by atoms with E-state index in [2.05, 4.69) is 10.3 Å². The van der Waals surface area contributed by atoms with Crippen LogP contribution in [0.25, 0.3) is 0 Å². The smallest absolute Gasteiger partial charge is 0.258 e. The third-order valence-electron chi connectivity index (χ3n) is 4.70. The third kappa shape index (κ3) is 4.29. The maximum Gasteiger partial charge on any atom is 0.258 e. The molecule has 0 aromatic heterocycles. The van der Waals surface area contributed by atoms with Crippen molar-refractivity contribution in [2.45, 2.75) is 32.4 Å². The lowest BCUT2D eigenvalue weighted by Crippen LogP contribution is -2.45. The average Bonchev–Trinajstić information content (AvgIpc) is 3.17. The van der Waals surface area contributed by atoms with Crippen molar-refractivity contribution < 1.29 is 31.5 Å². The van der Waals surface area contributed by atoms with Crippen molar-refractivity contribution >= 4 is 11.8 Å². The second-order valence-corrected chi connectivity index (χ2v) is 7.26. The lowest BCUT2D eigenvalue weighted by molar-refractivity contribution is 0.0922. The van der Waals surface area contributed by atoms with Gasteiger partial charge in [-0.05, 0) is 17.9 Å². The molecule has 3 rings (SSSR count). The maximum atomic E-state index is 13.9. The number of benzene rings is 2. The van der Waals surface area contributed by atoms with Crippen LogP contribution in [0.15, 0.2) is 35.3 Å². The zero-order valence-electron chi connectivity index (χ0n) is 16.2. The molecule has 9 heteroatoms. The van der Waals surface area contributed by atoms with Gasteiger partial charge >= 0.3 is 0 Å². The molecule has 0 spiro atoms. The molecule has 160 valence electrons. The molecule has 2 aromatic carbocycles. The van der Waals surface area contributed by atoms with Crippen molar-refractivity contribution in [3.05, 3.63) is 70.5 Å². The summed E-state index contributed by atoms with van der Waals surface area (Å²) in [7, 11) is 0. The molecule has 2 atom stereocenters. The number of hydrogen-bond acceptors (Lipinski definition) is 3. The number of aliphatic imine (C=N–C) groups is 1. The quantitative estimate of drug-likeness (QED) is 0.428. The Morgan fingerprint density at radius 1 is 1.03 bits per heavy atom. The van der Waals surface area contributed by atoms with Crippen LogP contribution in [0.4, 0.5) is 22.0 Å². The van der Waals surface area contributed by atoms with Crippen molar-refractivity contribution in [3.8, 4) is 0 Å². The Balaban J connectivity index is 1.82. The Hall–Kier alpha value is -2.97. The van der Waals surface area contributed by atoms with Crippen LogP contribution in [0, 0.1) is 35.0 Å². The van der Waals surface area contributed by atoms with Crippen molar-refractivity contribution in [1.82, 2.24) is 5.32 Å². The summed E-state index contributed by atoms with van der Waals surface area (Å²) in [5.74, 6) is -12.7. The first-order valence-electron chi connectivity index (χ1n) is 9.27. The van der Waals surface area contributed by atoms with Gasteiger partial charge in [0, 0.05) is 0 Å². The Morgan fingerprint density at radius 2 is 1.60 bits per heavy atom. The first kappa shape index (κ1) is 21.7. The molecule has 1 amide bonds. The van der Waals surface area contributed by atoms with Gasteiger partial charge in [0.1, 0.15) is 18.2 Å². The lowest BCUT2D eigenvalue weighted by atomic mass is 10.0. The number of carbonyl (C=O) groups excluding carboxylic acids is 1. The second kappa shape index (κ2) is 8.81. The van der Waals surface area contributed by atoms with E-state index >= 15 is 0 Å². The molecule has 4 nitrogen and oxygen atoms in total. The fourth-order valence-electron chi connectivity index (χ4n) is 3.13. The number of amides is 1. The van der Waals surface area contributed by atoms with Crippen molar-refractivity contribution in [2.24, 2.45) is 10.9 Å². The minimum absolute atomic E-state index is 0.142. The molecule has 0 saturated carbocycles. The number of halogens is 5. The number of ether oxygens (including phenoxy) is 1. The van der Waals surface area contributed by atoms with Crippen LogP contribution in [0.3, 0.4) is 0 Å². The van der Waals surface area contributed by atoms with Crippen LogP contribution in [0.5, 0.6) is 0 Å². The first-order chi connectivity index (χ1) is 14.2. The van der Waals surface area contributed by atoms with E-state index < -0.39 is 46.6 Å². The van der Waals surface area contributed by atoms with Gasteiger partial charge < -0.3 is 10.1 Å². The first-order valence-corrected chi connectivity index (χ1v) is 9.27. The zero-order chi connectivity index (χ0) is 22.0. The highest BCUT2D eigenvalue weighted by atomic mass is 19.2. The molecule has 0 radical (unpaired) electrons. The maximum absolute atomic E-state index is 13.9. The number of carbonyl (C=O) groups is 1. The van der Waals surface area contributed by atoms with Crippen LogP contribution in [0.2, 0.25) is 0 Å². The zero-order valence-corrected chi connectivity index (χ0v) is 16.2. The van der Waals surface area contributed by atoms with Crippen LogP contribution in [-0.4, -0.2) is 30.5 Å². The molecule has 0 fully saturated rings. The summed E-state index contributed by atoms with van der Waals surface area (Å²) in [5, 5.41) is 2.28. The number of rotatable bonds is 6. The number of nitrogens with one attached hydrogen (secondary N) is 1. The van der Waals surface area contributed by atoms with Gasteiger partial charge in [-0.25, -0.2) is 26.9 Å². The van der Waals surface area contributed by atoms with E-state index in [1.54, 1.807) is 13.8 Å². The summed E-state index contributed by atoms with van der Waals surface area (Å²) >= 11 is 0. The van der Waals surface area contributed by atoms with Gasteiger partial charge in [0.15, 0.2) is 23.3 Å². The molecule has 30 heavy (non-hydrogen) atoms. The van der Waals surface area contributed by atoms with E-state index in [1.165, 1.54) is 0 Å². The SMILES string of the molecule is CC(C)[C@H](NC(=O)c1c(F)c(F)c(F)c(F)c1F)C1=NC(Cc2ccccc2)CO1. The molecular formula is C21H19F5N2O2. The molecule has 1 aliphatic heterocycles. The summed E-state index contributed by atoms with van der Waals surface area (Å²) in [6.07, 6.45) is 0.584.